The number of hydrazone groups is 1. The molecular weight excluding hydrogens is 250 g/mol. The lowest BCUT2D eigenvalue weighted by Crippen LogP contribution is -3.11. The molecule has 96 valence electrons. The van der Waals surface area contributed by atoms with E-state index in [9.17, 15) is 4.79 Å². The van der Waals surface area contributed by atoms with Crippen LogP contribution in [0.15, 0.2) is 29.4 Å². The van der Waals surface area contributed by atoms with Gasteiger partial charge in [0.25, 0.3) is 5.91 Å². The normalized spacial score (nSPS) is 16.3. The van der Waals surface area contributed by atoms with E-state index in [2.05, 4.69) is 10.5 Å². The van der Waals surface area contributed by atoms with Crippen LogP contribution in [0.25, 0.3) is 0 Å². The molecule has 18 heavy (non-hydrogen) atoms. The summed E-state index contributed by atoms with van der Waals surface area (Å²) < 4.78 is 0. The maximum Gasteiger partial charge on any atom is 0.295 e. The van der Waals surface area contributed by atoms with E-state index < -0.39 is 0 Å². The predicted molar refractivity (Wildman–Crippen MR) is 72.0 cm³/mol. The van der Waals surface area contributed by atoms with Gasteiger partial charge in [0, 0.05) is 23.4 Å². The minimum absolute atomic E-state index is 0.0461. The highest BCUT2D eigenvalue weighted by atomic mass is 35.5. The Morgan fingerprint density at radius 3 is 2.83 bits per heavy atom. The van der Waals surface area contributed by atoms with Gasteiger partial charge in [0.2, 0.25) is 0 Å². The lowest BCUT2D eigenvalue weighted by atomic mass is 10.2. The topological polar surface area (TPSA) is 45.9 Å². The second-order valence-corrected chi connectivity index (χ2v) is 4.86. The molecular formula is C13H17ClN3O+. The summed E-state index contributed by atoms with van der Waals surface area (Å²) in [5, 5.41) is 4.55. The Hall–Kier alpha value is -1.39. The smallest absolute Gasteiger partial charge is 0.295 e. The first-order valence-corrected chi connectivity index (χ1v) is 6.53. The molecule has 1 amide bonds. The molecule has 2 rings (SSSR count). The van der Waals surface area contributed by atoms with Gasteiger partial charge in [-0.25, -0.2) is 5.43 Å². The Labute approximate surface area is 112 Å². The Morgan fingerprint density at radius 2 is 2.11 bits per heavy atom. The Balaban J connectivity index is 1.80. The first-order chi connectivity index (χ1) is 8.75. The number of hydrogen-bond donors (Lipinski definition) is 2. The summed E-state index contributed by atoms with van der Waals surface area (Å²) in [6, 6.07) is 7.38. The van der Waals surface area contributed by atoms with Crippen molar-refractivity contribution in [3.05, 3.63) is 34.9 Å². The van der Waals surface area contributed by atoms with Crippen molar-refractivity contribution in [2.75, 3.05) is 19.6 Å². The zero-order chi connectivity index (χ0) is 12.8. The van der Waals surface area contributed by atoms with Crippen LogP contribution in [-0.4, -0.2) is 31.8 Å². The van der Waals surface area contributed by atoms with Crippen LogP contribution in [0.1, 0.15) is 18.4 Å². The van der Waals surface area contributed by atoms with Gasteiger partial charge in [0.1, 0.15) is 0 Å². The van der Waals surface area contributed by atoms with E-state index in [0.29, 0.717) is 11.6 Å². The minimum atomic E-state index is -0.0461. The maximum atomic E-state index is 11.6. The Kier molecular flexibility index (Phi) is 4.73. The number of halogens is 1. The number of benzene rings is 1. The molecule has 0 bridgehead atoms. The number of carbonyl (C=O) groups is 1. The molecule has 0 atom stereocenters. The van der Waals surface area contributed by atoms with Crippen LogP contribution < -0.4 is 10.3 Å². The molecule has 5 heteroatoms. The summed E-state index contributed by atoms with van der Waals surface area (Å²) >= 11 is 5.97. The van der Waals surface area contributed by atoms with Crippen LogP contribution in [0, 0.1) is 0 Å². The fourth-order valence-electron chi connectivity index (χ4n) is 2.07. The molecule has 2 N–H and O–H groups in total. The van der Waals surface area contributed by atoms with Crippen molar-refractivity contribution in [2.24, 2.45) is 5.10 Å². The fraction of sp³-hybridized carbons (Fsp3) is 0.385. The summed E-state index contributed by atoms with van der Waals surface area (Å²) in [5.74, 6) is -0.0461. The van der Waals surface area contributed by atoms with Gasteiger partial charge in [-0.15, -0.1) is 0 Å². The molecule has 1 saturated heterocycles. The summed E-state index contributed by atoms with van der Waals surface area (Å²) in [7, 11) is 0. The van der Waals surface area contributed by atoms with Gasteiger partial charge in [-0.1, -0.05) is 29.8 Å². The number of hydrogen-bond acceptors (Lipinski definition) is 2. The van der Waals surface area contributed by atoms with E-state index in [1.807, 2.05) is 18.2 Å². The molecule has 1 aliphatic rings. The van der Waals surface area contributed by atoms with Gasteiger partial charge in [-0.2, -0.15) is 5.10 Å². The SMILES string of the molecule is O=C(C[NH+]1CCCC1)N/N=C\c1ccccc1Cl. The van der Waals surface area contributed by atoms with Crippen molar-refractivity contribution in [1.82, 2.24) is 5.43 Å². The number of nitrogens with one attached hydrogen (secondary N) is 2. The van der Waals surface area contributed by atoms with Gasteiger partial charge < -0.3 is 4.90 Å². The van der Waals surface area contributed by atoms with E-state index >= 15 is 0 Å². The third-order valence-electron chi connectivity index (χ3n) is 3.02. The Morgan fingerprint density at radius 1 is 1.39 bits per heavy atom. The second kappa shape index (κ2) is 6.52. The van der Waals surface area contributed by atoms with Crippen LogP contribution >= 0.6 is 11.6 Å². The molecule has 1 heterocycles. The van der Waals surface area contributed by atoms with E-state index in [1.165, 1.54) is 17.7 Å². The van der Waals surface area contributed by atoms with Crippen LogP contribution in [0.5, 0.6) is 0 Å². The summed E-state index contributed by atoms with van der Waals surface area (Å²) in [5.41, 5.74) is 3.34. The molecule has 0 aromatic heterocycles. The lowest BCUT2D eigenvalue weighted by Gasteiger charge is -2.09. The summed E-state index contributed by atoms with van der Waals surface area (Å²) in [4.78, 5) is 12.9. The predicted octanol–water partition coefficient (Wildman–Crippen LogP) is 0.469. The molecule has 1 aromatic carbocycles. The van der Waals surface area contributed by atoms with Crippen molar-refractivity contribution in [3.63, 3.8) is 0 Å². The molecule has 1 aromatic rings. The van der Waals surface area contributed by atoms with E-state index in [1.54, 1.807) is 12.3 Å². The molecule has 0 radical (unpaired) electrons. The van der Waals surface area contributed by atoms with Crippen molar-refractivity contribution < 1.29 is 9.69 Å². The first kappa shape index (κ1) is 13.1. The van der Waals surface area contributed by atoms with Gasteiger partial charge in [-0.3, -0.25) is 4.79 Å². The maximum absolute atomic E-state index is 11.6. The van der Waals surface area contributed by atoms with E-state index in [0.717, 1.165) is 18.7 Å². The quantitative estimate of drug-likeness (QED) is 0.604. The van der Waals surface area contributed by atoms with Crippen LogP contribution in [0.4, 0.5) is 0 Å². The fourth-order valence-corrected chi connectivity index (χ4v) is 2.26. The molecule has 0 saturated carbocycles. The highest BCUT2D eigenvalue weighted by molar-refractivity contribution is 6.33. The number of nitrogens with zero attached hydrogens (tertiary/aromatic N) is 1. The molecule has 1 fully saturated rings. The molecule has 0 unspecified atom stereocenters. The average molecular weight is 267 g/mol. The Bertz CT molecular complexity index is 442. The third-order valence-corrected chi connectivity index (χ3v) is 3.36. The van der Waals surface area contributed by atoms with Crippen molar-refractivity contribution in [2.45, 2.75) is 12.8 Å². The van der Waals surface area contributed by atoms with Crippen LogP contribution in [0.3, 0.4) is 0 Å². The largest absolute Gasteiger partial charge is 0.327 e. The highest BCUT2D eigenvalue weighted by Crippen LogP contribution is 2.11. The van der Waals surface area contributed by atoms with Crippen molar-refractivity contribution >= 4 is 23.7 Å². The van der Waals surface area contributed by atoms with Gasteiger partial charge in [0.15, 0.2) is 6.54 Å². The second-order valence-electron chi connectivity index (χ2n) is 4.45. The number of quaternary nitrogens is 1. The van der Waals surface area contributed by atoms with Gasteiger partial charge in [-0.05, 0) is 6.07 Å². The monoisotopic (exact) mass is 266 g/mol. The van der Waals surface area contributed by atoms with Gasteiger partial charge in [0.05, 0.1) is 19.3 Å². The molecule has 0 aliphatic carbocycles. The number of carbonyl (C=O) groups excluding carboxylic acids is 1. The van der Waals surface area contributed by atoms with Gasteiger partial charge >= 0.3 is 0 Å². The average Bonchev–Trinajstić information content (AvgIpc) is 2.84. The summed E-state index contributed by atoms with van der Waals surface area (Å²) in [6.45, 7) is 2.67. The van der Waals surface area contributed by atoms with Crippen molar-refractivity contribution in [1.29, 1.82) is 0 Å². The number of rotatable bonds is 4. The first-order valence-electron chi connectivity index (χ1n) is 6.16. The molecule has 4 nitrogen and oxygen atoms in total. The van der Waals surface area contributed by atoms with E-state index in [-0.39, 0.29) is 5.91 Å². The summed E-state index contributed by atoms with van der Waals surface area (Å²) in [6.07, 6.45) is 4.00. The molecule has 0 spiro atoms. The third kappa shape index (κ3) is 3.82. The lowest BCUT2D eigenvalue weighted by molar-refractivity contribution is -0.879. The standard InChI is InChI=1S/C13H16ClN3O/c14-12-6-2-1-5-11(12)9-15-16-13(18)10-17-7-3-4-8-17/h1-2,5-6,9H,3-4,7-8,10H2,(H,16,18)/p+1/b15-9-. The highest BCUT2D eigenvalue weighted by Gasteiger charge is 2.18. The molecule has 1 aliphatic heterocycles. The minimum Gasteiger partial charge on any atom is -0.327 e. The number of amides is 1. The van der Waals surface area contributed by atoms with E-state index in [4.69, 9.17) is 11.6 Å². The van der Waals surface area contributed by atoms with Crippen LogP contribution in [0.2, 0.25) is 5.02 Å². The van der Waals surface area contributed by atoms with Crippen LogP contribution in [-0.2, 0) is 4.79 Å². The zero-order valence-corrected chi connectivity index (χ0v) is 10.9. The van der Waals surface area contributed by atoms with Crippen molar-refractivity contribution in [3.8, 4) is 0 Å². The number of likely N-dealkylation sites (tertiary alicyclic amines) is 1. The zero-order valence-electron chi connectivity index (χ0n) is 10.2.